The molecule has 0 radical (unpaired) electrons. The van der Waals surface area contributed by atoms with Crippen molar-refractivity contribution in [2.24, 2.45) is 5.16 Å². The van der Waals surface area contributed by atoms with Gasteiger partial charge >= 0.3 is 0 Å². The number of nitriles is 1. The molecule has 0 atom stereocenters. The Morgan fingerprint density at radius 2 is 1.77 bits per heavy atom. The van der Waals surface area contributed by atoms with Crippen molar-refractivity contribution in [1.82, 2.24) is 9.97 Å². The predicted octanol–water partition coefficient (Wildman–Crippen LogP) is 5.19. The van der Waals surface area contributed by atoms with Crippen molar-refractivity contribution in [3.8, 4) is 6.07 Å². The van der Waals surface area contributed by atoms with E-state index in [1.807, 2.05) is 67.6 Å². The lowest BCUT2D eigenvalue weighted by Crippen LogP contribution is -1.99. The molecule has 30 heavy (non-hydrogen) atoms. The maximum atomic E-state index is 8.84. The Hall–Kier alpha value is -4.24. The summed E-state index contributed by atoms with van der Waals surface area (Å²) < 4.78 is 0. The molecule has 6 heteroatoms. The van der Waals surface area contributed by atoms with Gasteiger partial charge in [-0.25, -0.2) is 9.97 Å². The number of hydrogen-bond acceptors (Lipinski definition) is 6. The Kier molecular flexibility index (Phi) is 5.63. The minimum Gasteiger partial charge on any atom is -0.391 e. The summed E-state index contributed by atoms with van der Waals surface area (Å²) in [6.07, 6.45) is 1.56. The van der Waals surface area contributed by atoms with Gasteiger partial charge in [-0.1, -0.05) is 41.6 Å². The molecule has 1 aromatic heterocycles. The summed E-state index contributed by atoms with van der Waals surface area (Å²) in [6.45, 7) is 2.25. The molecule has 146 valence electrons. The summed E-state index contributed by atoms with van der Waals surface area (Å²) in [4.78, 5) is 14.1. The second kappa shape index (κ2) is 8.84. The quantitative estimate of drug-likeness (QED) is 0.360. The fourth-order valence-corrected chi connectivity index (χ4v) is 2.97. The highest BCUT2D eigenvalue weighted by Crippen LogP contribution is 2.23. The first-order chi connectivity index (χ1) is 14.7. The van der Waals surface area contributed by atoms with E-state index in [4.69, 9.17) is 10.1 Å². The van der Waals surface area contributed by atoms with Crippen molar-refractivity contribution in [2.45, 2.75) is 13.5 Å². The molecule has 0 saturated heterocycles. The fourth-order valence-electron chi connectivity index (χ4n) is 2.97. The lowest BCUT2D eigenvalue weighted by molar-refractivity contribution is 0.130. The van der Waals surface area contributed by atoms with Crippen molar-refractivity contribution < 1.29 is 4.84 Å². The van der Waals surface area contributed by atoms with E-state index in [1.54, 1.807) is 18.5 Å². The summed E-state index contributed by atoms with van der Waals surface area (Å²) in [7, 11) is 0. The molecular formula is C24H19N5O. The molecule has 0 aliphatic rings. The molecule has 1 N–H and O–H groups in total. The molecule has 0 spiro atoms. The van der Waals surface area contributed by atoms with Gasteiger partial charge in [-0.2, -0.15) is 5.26 Å². The molecule has 0 bridgehead atoms. The van der Waals surface area contributed by atoms with Crippen LogP contribution in [0.3, 0.4) is 0 Å². The zero-order valence-electron chi connectivity index (χ0n) is 16.4. The maximum absolute atomic E-state index is 8.84. The van der Waals surface area contributed by atoms with E-state index >= 15 is 0 Å². The number of benzene rings is 3. The first-order valence-corrected chi connectivity index (χ1v) is 9.46. The number of oxime groups is 1. The second-order valence-electron chi connectivity index (χ2n) is 6.70. The lowest BCUT2D eigenvalue weighted by atomic mass is 10.1. The fraction of sp³-hybridized carbons (Fsp3) is 0.0833. The van der Waals surface area contributed by atoms with Crippen LogP contribution in [0.15, 0.2) is 84.3 Å². The van der Waals surface area contributed by atoms with Gasteiger partial charge in [-0.15, -0.1) is 0 Å². The SMILES string of the molecule is C/C(=N/OCc1ccc(C#N)cc1)c1ccc(Nc2ncnc3ccccc23)cc1. The molecule has 4 aromatic rings. The zero-order chi connectivity index (χ0) is 20.8. The van der Waals surface area contributed by atoms with E-state index in [-0.39, 0.29) is 0 Å². The number of hydrogen-bond donors (Lipinski definition) is 1. The van der Waals surface area contributed by atoms with Gasteiger partial charge in [0.15, 0.2) is 0 Å². The van der Waals surface area contributed by atoms with Crippen LogP contribution in [0.4, 0.5) is 11.5 Å². The van der Waals surface area contributed by atoms with E-state index < -0.39 is 0 Å². The molecule has 3 aromatic carbocycles. The second-order valence-corrected chi connectivity index (χ2v) is 6.70. The standard InChI is InChI=1S/C24H19N5O/c1-17(29-30-15-19-8-6-18(14-25)7-9-19)20-10-12-21(13-11-20)28-24-22-4-2-3-5-23(22)26-16-27-24/h2-13,16H,15H2,1H3,(H,26,27,28)/b29-17-. The van der Waals surface area contributed by atoms with Crippen molar-refractivity contribution in [1.29, 1.82) is 5.26 Å². The Balaban J connectivity index is 1.41. The van der Waals surface area contributed by atoms with Gasteiger partial charge in [0, 0.05) is 11.1 Å². The molecule has 0 aliphatic heterocycles. The molecular weight excluding hydrogens is 374 g/mol. The third-order valence-electron chi connectivity index (χ3n) is 4.62. The number of nitrogens with zero attached hydrogens (tertiary/aromatic N) is 4. The third-order valence-corrected chi connectivity index (χ3v) is 4.62. The van der Waals surface area contributed by atoms with Crippen LogP contribution in [0.1, 0.15) is 23.6 Å². The Morgan fingerprint density at radius 1 is 1.00 bits per heavy atom. The number of aromatic nitrogens is 2. The van der Waals surface area contributed by atoms with Crippen molar-refractivity contribution in [3.63, 3.8) is 0 Å². The van der Waals surface area contributed by atoms with Gasteiger partial charge < -0.3 is 10.2 Å². The number of anilines is 2. The number of para-hydroxylation sites is 1. The van der Waals surface area contributed by atoms with E-state index in [0.29, 0.717) is 12.2 Å². The van der Waals surface area contributed by atoms with Gasteiger partial charge in [0.25, 0.3) is 0 Å². The van der Waals surface area contributed by atoms with Crippen LogP contribution in [0.5, 0.6) is 0 Å². The topological polar surface area (TPSA) is 83.2 Å². The number of nitrogens with one attached hydrogen (secondary N) is 1. The normalized spacial score (nSPS) is 11.1. The highest BCUT2D eigenvalue weighted by atomic mass is 16.6. The van der Waals surface area contributed by atoms with Gasteiger partial charge in [-0.05, 0) is 54.4 Å². The van der Waals surface area contributed by atoms with E-state index in [9.17, 15) is 0 Å². The van der Waals surface area contributed by atoms with Gasteiger partial charge in [-0.3, -0.25) is 0 Å². The molecule has 0 amide bonds. The molecule has 6 nitrogen and oxygen atoms in total. The average Bonchev–Trinajstić information content (AvgIpc) is 2.80. The van der Waals surface area contributed by atoms with E-state index in [0.717, 1.165) is 39.2 Å². The Bertz CT molecular complexity index is 1220. The van der Waals surface area contributed by atoms with Crippen LogP contribution in [-0.4, -0.2) is 15.7 Å². The van der Waals surface area contributed by atoms with Crippen LogP contribution in [0.25, 0.3) is 10.9 Å². The van der Waals surface area contributed by atoms with Gasteiger partial charge in [0.05, 0.1) is 22.9 Å². The highest BCUT2D eigenvalue weighted by Gasteiger charge is 2.04. The highest BCUT2D eigenvalue weighted by molar-refractivity contribution is 5.98. The van der Waals surface area contributed by atoms with Crippen molar-refractivity contribution >= 4 is 28.1 Å². The molecule has 0 unspecified atom stereocenters. The van der Waals surface area contributed by atoms with Crippen LogP contribution < -0.4 is 5.32 Å². The van der Waals surface area contributed by atoms with Crippen molar-refractivity contribution in [3.05, 3.63) is 95.8 Å². The van der Waals surface area contributed by atoms with E-state index in [2.05, 4.69) is 26.5 Å². The number of fused-ring (bicyclic) bond motifs is 1. The third kappa shape index (κ3) is 4.42. The van der Waals surface area contributed by atoms with Gasteiger partial charge in [0.1, 0.15) is 18.8 Å². The molecule has 0 saturated carbocycles. The summed E-state index contributed by atoms with van der Waals surface area (Å²) in [5.41, 5.74) is 5.16. The average molecular weight is 393 g/mol. The number of rotatable bonds is 6. The molecule has 0 fully saturated rings. The van der Waals surface area contributed by atoms with Crippen molar-refractivity contribution in [2.75, 3.05) is 5.32 Å². The van der Waals surface area contributed by atoms with Crippen LogP contribution >= 0.6 is 0 Å². The monoisotopic (exact) mass is 393 g/mol. The largest absolute Gasteiger partial charge is 0.391 e. The maximum Gasteiger partial charge on any atom is 0.142 e. The van der Waals surface area contributed by atoms with Crippen LogP contribution in [0, 0.1) is 11.3 Å². The summed E-state index contributed by atoms with van der Waals surface area (Å²) in [5, 5.41) is 17.3. The first kappa shape index (κ1) is 19.1. The molecule has 4 rings (SSSR count). The Labute approximate surface area is 174 Å². The van der Waals surface area contributed by atoms with E-state index in [1.165, 1.54) is 0 Å². The van der Waals surface area contributed by atoms with Crippen LogP contribution in [0.2, 0.25) is 0 Å². The summed E-state index contributed by atoms with van der Waals surface area (Å²) in [6, 6.07) is 25.2. The lowest BCUT2D eigenvalue weighted by Gasteiger charge is -2.09. The minimum absolute atomic E-state index is 0.351. The van der Waals surface area contributed by atoms with Crippen LogP contribution in [-0.2, 0) is 11.4 Å². The molecule has 1 heterocycles. The smallest absolute Gasteiger partial charge is 0.142 e. The molecule has 0 aliphatic carbocycles. The predicted molar refractivity (Wildman–Crippen MR) is 117 cm³/mol. The minimum atomic E-state index is 0.351. The first-order valence-electron chi connectivity index (χ1n) is 9.46. The van der Waals surface area contributed by atoms with Gasteiger partial charge in [0.2, 0.25) is 0 Å². The Morgan fingerprint density at radius 3 is 2.53 bits per heavy atom. The summed E-state index contributed by atoms with van der Waals surface area (Å²) >= 11 is 0. The zero-order valence-corrected chi connectivity index (χ0v) is 16.4. The summed E-state index contributed by atoms with van der Waals surface area (Å²) in [5.74, 6) is 0.768.